The molecular formula is C13H13ClN4O2. The van der Waals surface area contributed by atoms with Gasteiger partial charge in [-0.3, -0.25) is 4.79 Å². The molecule has 2 heterocycles. The van der Waals surface area contributed by atoms with Crippen molar-refractivity contribution in [1.29, 1.82) is 5.26 Å². The van der Waals surface area contributed by atoms with Gasteiger partial charge >= 0.3 is 5.97 Å². The van der Waals surface area contributed by atoms with Crippen LogP contribution in [-0.4, -0.2) is 26.1 Å². The number of hydrogen-bond donors (Lipinski definition) is 0. The molecular weight excluding hydrogens is 280 g/mol. The van der Waals surface area contributed by atoms with Gasteiger partial charge in [-0.25, -0.2) is 9.97 Å². The van der Waals surface area contributed by atoms with E-state index in [1.807, 2.05) is 6.07 Å². The molecule has 0 unspecified atom stereocenters. The molecule has 7 heteroatoms. The van der Waals surface area contributed by atoms with E-state index >= 15 is 0 Å². The van der Waals surface area contributed by atoms with E-state index in [4.69, 9.17) is 21.6 Å². The molecule has 2 aromatic heterocycles. The monoisotopic (exact) mass is 292 g/mol. The van der Waals surface area contributed by atoms with Gasteiger partial charge < -0.3 is 9.30 Å². The van der Waals surface area contributed by atoms with E-state index in [9.17, 15) is 4.79 Å². The number of halogens is 1. The Kier molecular flexibility index (Phi) is 3.64. The number of esters is 1. The fourth-order valence-electron chi connectivity index (χ4n) is 1.80. The van der Waals surface area contributed by atoms with Gasteiger partial charge in [-0.15, -0.1) is 0 Å². The van der Waals surface area contributed by atoms with Gasteiger partial charge in [0.05, 0.1) is 10.9 Å². The van der Waals surface area contributed by atoms with Gasteiger partial charge in [0.25, 0.3) is 0 Å². The number of ether oxygens (including phenoxy) is 1. The lowest BCUT2D eigenvalue weighted by molar-refractivity contribution is -0.155. The van der Waals surface area contributed by atoms with Gasteiger partial charge in [0.2, 0.25) is 0 Å². The minimum absolute atomic E-state index is 0.0389. The van der Waals surface area contributed by atoms with Gasteiger partial charge in [-0.2, -0.15) is 5.26 Å². The Bertz CT molecular complexity index is 709. The summed E-state index contributed by atoms with van der Waals surface area (Å²) in [6.07, 6.45) is 2.81. The molecule has 0 spiro atoms. The van der Waals surface area contributed by atoms with Crippen LogP contribution in [0.5, 0.6) is 0 Å². The van der Waals surface area contributed by atoms with E-state index in [0.29, 0.717) is 16.6 Å². The van der Waals surface area contributed by atoms with Crippen LogP contribution in [0, 0.1) is 11.3 Å². The van der Waals surface area contributed by atoms with Crippen molar-refractivity contribution in [2.45, 2.75) is 32.9 Å². The van der Waals surface area contributed by atoms with Crippen molar-refractivity contribution >= 4 is 28.6 Å². The highest BCUT2D eigenvalue weighted by molar-refractivity contribution is 6.34. The van der Waals surface area contributed by atoms with Gasteiger partial charge in [0.1, 0.15) is 35.3 Å². The van der Waals surface area contributed by atoms with Crippen LogP contribution in [0.25, 0.3) is 11.0 Å². The Morgan fingerprint density at radius 3 is 2.80 bits per heavy atom. The van der Waals surface area contributed by atoms with Gasteiger partial charge in [-0.05, 0) is 20.8 Å². The van der Waals surface area contributed by atoms with Gasteiger partial charge in [0.15, 0.2) is 0 Å². The third-order valence-corrected chi connectivity index (χ3v) is 2.73. The molecule has 0 N–H and O–H groups in total. The first kappa shape index (κ1) is 14.3. The molecule has 2 aromatic rings. The standard InChI is InChI=1S/C13H13ClN4O2/c1-13(2,3)20-9(19)6-18-5-8(4-15)10-11(14)16-7-17-12(10)18/h5,7H,6H2,1-3H3. The topological polar surface area (TPSA) is 80.8 Å². The van der Waals surface area contributed by atoms with E-state index in [-0.39, 0.29) is 11.7 Å². The molecule has 104 valence electrons. The largest absolute Gasteiger partial charge is 0.459 e. The predicted octanol–water partition coefficient (Wildman–Crippen LogP) is 2.30. The molecule has 6 nitrogen and oxygen atoms in total. The Morgan fingerprint density at radius 1 is 1.50 bits per heavy atom. The third kappa shape index (κ3) is 2.89. The number of carbonyl (C=O) groups is 1. The van der Waals surface area contributed by atoms with Crippen molar-refractivity contribution in [1.82, 2.24) is 14.5 Å². The van der Waals surface area contributed by atoms with Crippen molar-refractivity contribution in [2.24, 2.45) is 0 Å². The molecule has 0 fully saturated rings. The van der Waals surface area contributed by atoms with Gasteiger partial charge in [0, 0.05) is 6.20 Å². The summed E-state index contributed by atoms with van der Waals surface area (Å²) in [6.45, 7) is 5.33. The molecule has 0 aliphatic heterocycles. The highest BCUT2D eigenvalue weighted by atomic mass is 35.5. The Hall–Kier alpha value is -2.13. The predicted molar refractivity (Wildman–Crippen MR) is 73.1 cm³/mol. The lowest BCUT2D eigenvalue weighted by Crippen LogP contribution is -2.26. The van der Waals surface area contributed by atoms with E-state index < -0.39 is 11.6 Å². The number of fused-ring (bicyclic) bond motifs is 1. The zero-order valence-electron chi connectivity index (χ0n) is 11.3. The summed E-state index contributed by atoms with van der Waals surface area (Å²) >= 11 is 5.97. The second-order valence-electron chi connectivity index (χ2n) is 5.23. The molecule has 0 aliphatic carbocycles. The summed E-state index contributed by atoms with van der Waals surface area (Å²) in [5, 5.41) is 9.73. The highest BCUT2D eigenvalue weighted by Gasteiger charge is 2.19. The summed E-state index contributed by atoms with van der Waals surface area (Å²) in [7, 11) is 0. The molecule has 0 aromatic carbocycles. The molecule has 20 heavy (non-hydrogen) atoms. The zero-order chi connectivity index (χ0) is 14.9. The summed E-state index contributed by atoms with van der Waals surface area (Å²) in [4.78, 5) is 19.8. The van der Waals surface area contributed by atoms with Crippen LogP contribution in [0.2, 0.25) is 5.15 Å². The number of hydrogen-bond acceptors (Lipinski definition) is 5. The quantitative estimate of drug-likeness (QED) is 0.626. The smallest absolute Gasteiger partial charge is 0.326 e. The van der Waals surface area contributed by atoms with Gasteiger partial charge in [-0.1, -0.05) is 11.6 Å². The number of rotatable bonds is 2. The van der Waals surface area contributed by atoms with E-state index in [2.05, 4.69) is 9.97 Å². The van der Waals surface area contributed by atoms with Crippen molar-refractivity contribution in [3.8, 4) is 6.07 Å². The summed E-state index contributed by atoms with van der Waals surface area (Å²) in [5.74, 6) is -0.409. The molecule has 0 saturated carbocycles. The minimum atomic E-state index is -0.565. The first-order valence-corrected chi connectivity index (χ1v) is 6.31. The maximum absolute atomic E-state index is 11.9. The molecule has 0 saturated heterocycles. The third-order valence-electron chi connectivity index (χ3n) is 2.45. The zero-order valence-corrected chi connectivity index (χ0v) is 12.1. The number of carbonyl (C=O) groups excluding carboxylic acids is 1. The SMILES string of the molecule is CC(C)(C)OC(=O)Cn1cc(C#N)c2c(Cl)ncnc21. The van der Waals surface area contributed by atoms with Crippen molar-refractivity contribution in [3.05, 3.63) is 23.2 Å². The van der Waals surface area contributed by atoms with Crippen molar-refractivity contribution in [3.63, 3.8) is 0 Å². The van der Waals surface area contributed by atoms with Crippen LogP contribution in [0.4, 0.5) is 0 Å². The maximum atomic E-state index is 11.9. The summed E-state index contributed by atoms with van der Waals surface area (Å²) < 4.78 is 6.78. The average Bonchev–Trinajstić information content (AvgIpc) is 2.66. The normalized spacial score (nSPS) is 11.3. The maximum Gasteiger partial charge on any atom is 0.326 e. The van der Waals surface area contributed by atoms with Crippen LogP contribution in [-0.2, 0) is 16.1 Å². The fraction of sp³-hybridized carbons (Fsp3) is 0.385. The number of aromatic nitrogens is 3. The lowest BCUT2D eigenvalue weighted by Gasteiger charge is -2.19. The second kappa shape index (κ2) is 5.10. The summed E-state index contributed by atoms with van der Waals surface area (Å²) in [6, 6.07) is 2.02. The van der Waals surface area contributed by atoms with Crippen LogP contribution in [0.1, 0.15) is 26.3 Å². The van der Waals surface area contributed by atoms with E-state index in [1.165, 1.54) is 17.1 Å². The summed E-state index contributed by atoms with van der Waals surface area (Å²) in [5.41, 5.74) is 0.201. The molecule has 0 radical (unpaired) electrons. The van der Waals surface area contributed by atoms with Crippen LogP contribution < -0.4 is 0 Å². The minimum Gasteiger partial charge on any atom is -0.459 e. The van der Waals surface area contributed by atoms with Crippen molar-refractivity contribution < 1.29 is 9.53 Å². The second-order valence-corrected chi connectivity index (χ2v) is 5.59. The number of nitriles is 1. The fourth-order valence-corrected chi connectivity index (χ4v) is 2.03. The van der Waals surface area contributed by atoms with E-state index in [1.54, 1.807) is 20.8 Å². The first-order chi connectivity index (χ1) is 9.31. The molecule has 0 atom stereocenters. The first-order valence-electron chi connectivity index (χ1n) is 5.93. The average molecular weight is 293 g/mol. The van der Waals surface area contributed by atoms with Crippen molar-refractivity contribution in [2.75, 3.05) is 0 Å². The molecule has 2 rings (SSSR count). The van der Waals surface area contributed by atoms with E-state index in [0.717, 1.165) is 0 Å². The molecule has 0 aliphatic rings. The van der Waals surface area contributed by atoms with Crippen LogP contribution >= 0.6 is 11.6 Å². The lowest BCUT2D eigenvalue weighted by atomic mass is 10.2. The van der Waals surface area contributed by atoms with Crippen LogP contribution in [0.3, 0.4) is 0 Å². The Balaban J connectivity index is 2.39. The Labute approximate surface area is 120 Å². The highest BCUT2D eigenvalue weighted by Crippen LogP contribution is 2.25. The molecule has 0 amide bonds. The number of nitrogens with zero attached hydrogens (tertiary/aromatic N) is 4. The Morgan fingerprint density at radius 2 is 2.20 bits per heavy atom. The molecule has 0 bridgehead atoms. The van der Waals surface area contributed by atoms with Crippen LogP contribution in [0.15, 0.2) is 12.5 Å².